The van der Waals surface area contributed by atoms with Crippen LogP contribution < -0.4 is 5.32 Å². The summed E-state index contributed by atoms with van der Waals surface area (Å²) in [5.74, 6) is 0.598. The first kappa shape index (κ1) is 15.2. The van der Waals surface area contributed by atoms with Crippen molar-refractivity contribution in [2.45, 2.75) is 50.6 Å². The quantitative estimate of drug-likeness (QED) is 0.789. The number of hydrogen-bond acceptors (Lipinski definition) is 4. The highest BCUT2D eigenvalue weighted by Crippen LogP contribution is 2.38. The zero-order valence-electron chi connectivity index (χ0n) is 12.7. The summed E-state index contributed by atoms with van der Waals surface area (Å²) in [5, 5.41) is 13.1. The number of rotatable bonds is 5. The van der Waals surface area contributed by atoms with Gasteiger partial charge in [-0.15, -0.1) is 0 Å². The van der Waals surface area contributed by atoms with E-state index in [1.807, 2.05) is 7.05 Å². The number of ether oxygens (including phenoxy) is 1. The average molecular weight is 270 g/mol. The topological polar surface area (TPSA) is 44.7 Å². The second-order valence-electron chi connectivity index (χ2n) is 6.79. The Hall–Kier alpha value is -0.160. The van der Waals surface area contributed by atoms with Gasteiger partial charge in [0.2, 0.25) is 0 Å². The third-order valence-corrected chi connectivity index (χ3v) is 5.30. The van der Waals surface area contributed by atoms with E-state index in [4.69, 9.17) is 4.74 Å². The van der Waals surface area contributed by atoms with E-state index >= 15 is 0 Å². The summed E-state index contributed by atoms with van der Waals surface area (Å²) in [6, 6.07) is 0. The van der Waals surface area contributed by atoms with Gasteiger partial charge >= 0.3 is 0 Å². The fourth-order valence-electron chi connectivity index (χ4n) is 3.80. The molecule has 2 rings (SSSR count). The second-order valence-corrected chi connectivity index (χ2v) is 6.79. The fraction of sp³-hybridized carbons (Fsp3) is 1.00. The molecule has 2 fully saturated rings. The van der Waals surface area contributed by atoms with Crippen molar-refractivity contribution in [2.75, 3.05) is 40.0 Å². The summed E-state index contributed by atoms with van der Waals surface area (Å²) >= 11 is 0. The molecule has 1 aliphatic carbocycles. The summed E-state index contributed by atoms with van der Waals surface area (Å²) < 4.78 is 5.58. The highest BCUT2D eigenvalue weighted by atomic mass is 16.5. The van der Waals surface area contributed by atoms with E-state index in [-0.39, 0.29) is 17.7 Å². The minimum atomic E-state index is -0.0313. The number of nitrogens with one attached hydrogen (secondary N) is 1. The maximum absolute atomic E-state index is 9.73. The van der Waals surface area contributed by atoms with Gasteiger partial charge in [-0.1, -0.05) is 6.42 Å². The average Bonchev–Trinajstić information content (AvgIpc) is 2.80. The Morgan fingerprint density at radius 2 is 2.21 bits per heavy atom. The summed E-state index contributed by atoms with van der Waals surface area (Å²) in [7, 11) is 1.99. The maximum Gasteiger partial charge on any atom is 0.0645 e. The molecule has 0 radical (unpaired) electrons. The summed E-state index contributed by atoms with van der Waals surface area (Å²) in [6.07, 6.45) is 4.76. The normalized spacial score (nSPS) is 35.7. The predicted molar refractivity (Wildman–Crippen MR) is 77.3 cm³/mol. The Morgan fingerprint density at radius 1 is 1.42 bits per heavy atom. The lowest BCUT2D eigenvalue weighted by Crippen LogP contribution is -2.55. The fourth-order valence-corrected chi connectivity index (χ4v) is 3.80. The van der Waals surface area contributed by atoms with Crippen LogP contribution in [0.15, 0.2) is 0 Å². The van der Waals surface area contributed by atoms with Crippen molar-refractivity contribution in [3.8, 4) is 0 Å². The smallest absolute Gasteiger partial charge is 0.0645 e. The van der Waals surface area contributed by atoms with Gasteiger partial charge in [0.1, 0.15) is 0 Å². The van der Waals surface area contributed by atoms with E-state index in [1.165, 1.54) is 19.3 Å². The van der Waals surface area contributed by atoms with Crippen LogP contribution in [0.25, 0.3) is 0 Å². The Bertz CT molecular complexity index is 290. The standard InChI is InChI=1S/C15H30N2O2/c1-14(2)12-19-10-9-17(14)8-6-13-5-4-7-15(13,11-18)16-3/h13,16,18H,4-12H2,1-3H3. The second kappa shape index (κ2) is 6.08. The molecule has 112 valence electrons. The summed E-state index contributed by atoms with van der Waals surface area (Å²) in [6.45, 7) is 8.62. The van der Waals surface area contributed by atoms with Crippen LogP contribution in [0.4, 0.5) is 0 Å². The van der Waals surface area contributed by atoms with Crippen molar-refractivity contribution in [1.29, 1.82) is 0 Å². The van der Waals surface area contributed by atoms with E-state index in [2.05, 4.69) is 24.1 Å². The molecule has 1 saturated carbocycles. The van der Waals surface area contributed by atoms with Gasteiger partial charge < -0.3 is 15.2 Å². The third kappa shape index (κ3) is 3.13. The summed E-state index contributed by atoms with van der Waals surface area (Å²) in [4.78, 5) is 2.55. The van der Waals surface area contributed by atoms with Crippen molar-refractivity contribution < 1.29 is 9.84 Å². The molecule has 4 heteroatoms. The van der Waals surface area contributed by atoms with Crippen molar-refractivity contribution in [3.63, 3.8) is 0 Å². The number of hydrogen-bond donors (Lipinski definition) is 2. The minimum Gasteiger partial charge on any atom is -0.394 e. The van der Waals surface area contributed by atoms with Crippen LogP contribution in [0.2, 0.25) is 0 Å². The number of morpholine rings is 1. The molecule has 2 N–H and O–H groups in total. The van der Waals surface area contributed by atoms with Gasteiger partial charge in [-0.25, -0.2) is 0 Å². The van der Waals surface area contributed by atoms with E-state index in [1.54, 1.807) is 0 Å². The first-order valence-electron chi connectivity index (χ1n) is 7.67. The number of aliphatic hydroxyl groups is 1. The molecule has 2 aliphatic rings. The molecular formula is C15H30N2O2. The number of likely N-dealkylation sites (N-methyl/N-ethyl adjacent to an activating group) is 1. The van der Waals surface area contributed by atoms with Gasteiger partial charge in [0.15, 0.2) is 0 Å². The van der Waals surface area contributed by atoms with Crippen LogP contribution in [-0.2, 0) is 4.74 Å². The Morgan fingerprint density at radius 3 is 2.84 bits per heavy atom. The van der Waals surface area contributed by atoms with Gasteiger partial charge in [-0.3, -0.25) is 4.90 Å². The zero-order valence-corrected chi connectivity index (χ0v) is 12.7. The lowest BCUT2D eigenvalue weighted by Gasteiger charge is -2.43. The molecule has 1 heterocycles. The van der Waals surface area contributed by atoms with E-state index < -0.39 is 0 Å². The van der Waals surface area contributed by atoms with E-state index in [9.17, 15) is 5.11 Å². The highest BCUT2D eigenvalue weighted by molar-refractivity contribution is 4.98. The van der Waals surface area contributed by atoms with Gasteiger partial charge in [0, 0.05) is 17.6 Å². The Labute approximate surface area is 117 Å². The maximum atomic E-state index is 9.73. The third-order valence-electron chi connectivity index (χ3n) is 5.30. The molecule has 1 saturated heterocycles. The van der Waals surface area contributed by atoms with Gasteiger partial charge in [0.25, 0.3) is 0 Å². The Kier molecular flexibility index (Phi) is 4.88. The zero-order chi connectivity index (χ0) is 13.9. The molecule has 0 aromatic carbocycles. The van der Waals surface area contributed by atoms with Gasteiger partial charge in [0.05, 0.1) is 19.8 Å². The van der Waals surface area contributed by atoms with Crippen molar-refractivity contribution in [1.82, 2.24) is 10.2 Å². The van der Waals surface area contributed by atoms with Crippen LogP contribution in [0.5, 0.6) is 0 Å². The van der Waals surface area contributed by atoms with Crippen molar-refractivity contribution in [2.24, 2.45) is 5.92 Å². The monoisotopic (exact) mass is 270 g/mol. The number of nitrogens with zero attached hydrogens (tertiary/aromatic N) is 1. The lowest BCUT2D eigenvalue weighted by molar-refractivity contribution is -0.0542. The van der Waals surface area contributed by atoms with E-state index in [0.717, 1.165) is 32.7 Å². The van der Waals surface area contributed by atoms with Crippen LogP contribution in [0.1, 0.15) is 39.5 Å². The number of aliphatic hydroxyl groups excluding tert-OH is 1. The predicted octanol–water partition coefficient (Wildman–Crippen LogP) is 1.24. The van der Waals surface area contributed by atoms with Crippen LogP contribution in [0.3, 0.4) is 0 Å². The molecule has 4 nitrogen and oxygen atoms in total. The van der Waals surface area contributed by atoms with Crippen LogP contribution in [0, 0.1) is 5.92 Å². The Balaban J connectivity index is 1.91. The van der Waals surface area contributed by atoms with E-state index in [0.29, 0.717) is 5.92 Å². The summed E-state index contributed by atoms with van der Waals surface area (Å²) in [5.41, 5.74) is 0.120. The molecule has 0 spiro atoms. The lowest BCUT2D eigenvalue weighted by atomic mass is 9.85. The van der Waals surface area contributed by atoms with Crippen molar-refractivity contribution >= 4 is 0 Å². The molecule has 0 amide bonds. The molecule has 2 unspecified atom stereocenters. The van der Waals surface area contributed by atoms with Crippen molar-refractivity contribution in [3.05, 3.63) is 0 Å². The molecular weight excluding hydrogens is 240 g/mol. The SMILES string of the molecule is CNC1(CO)CCCC1CCN1CCOCC1(C)C. The molecule has 19 heavy (non-hydrogen) atoms. The van der Waals surface area contributed by atoms with Crippen LogP contribution in [-0.4, -0.2) is 61.0 Å². The van der Waals surface area contributed by atoms with Crippen LogP contribution >= 0.6 is 0 Å². The van der Waals surface area contributed by atoms with Gasteiger partial charge in [-0.2, -0.15) is 0 Å². The van der Waals surface area contributed by atoms with Gasteiger partial charge in [-0.05, 0) is 52.6 Å². The molecule has 0 aromatic heterocycles. The molecule has 2 atom stereocenters. The first-order valence-corrected chi connectivity index (χ1v) is 7.67. The molecule has 1 aliphatic heterocycles. The minimum absolute atomic E-state index is 0.0313. The highest BCUT2D eigenvalue weighted by Gasteiger charge is 2.41. The largest absolute Gasteiger partial charge is 0.394 e. The molecule has 0 aromatic rings. The first-order chi connectivity index (χ1) is 9.04. The molecule has 0 bridgehead atoms.